The second-order valence-corrected chi connectivity index (χ2v) is 6.39. The Labute approximate surface area is 160 Å². The highest BCUT2D eigenvalue weighted by molar-refractivity contribution is 9.10. The van der Waals surface area contributed by atoms with Crippen molar-refractivity contribution in [1.82, 2.24) is 4.90 Å². The molecule has 26 heavy (non-hydrogen) atoms. The molecule has 0 aliphatic heterocycles. The summed E-state index contributed by atoms with van der Waals surface area (Å²) in [5.74, 6) is -1.10. The number of carbonyl (C=O) groups is 2. The molecule has 0 aliphatic rings. The van der Waals surface area contributed by atoms with Crippen LogP contribution in [0.2, 0.25) is 0 Å². The van der Waals surface area contributed by atoms with Crippen LogP contribution in [0.5, 0.6) is 5.75 Å². The monoisotopic (exact) mass is 422 g/mol. The molecule has 7 heteroatoms. The summed E-state index contributed by atoms with van der Waals surface area (Å²) >= 11 is 3.15. The van der Waals surface area contributed by atoms with E-state index in [1.807, 2.05) is 13.8 Å². The lowest BCUT2D eigenvalue weighted by atomic mass is 10.1. The Morgan fingerprint density at radius 2 is 1.88 bits per heavy atom. The van der Waals surface area contributed by atoms with E-state index in [-0.39, 0.29) is 18.3 Å². The van der Waals surface area contributed by atoms with Gasteiger partial charge in [-0.05, 0) is 50.2 Å². The molecular formula is C19H20BrFN2O3. The summed E-state index contributed by atoms with van der Waals surface area (Å²) in [6, 6.07) is 11.0. The molecule has 0 fully saturated rings. The van der Waals surface area contributed by atoms with Crippen LogP contribution in [0, 0.1) is 5.82 Å². The van der Waals surface area contributed by atoms with Gasteiger partial charge in [-0.2, -0.15) is 0 Å². The van der Waals surface area contributed by atoms with Crippen LogP contribution in [-0.4, -0.2) is 36.4 Å². The number of anilines is 1. The third-order valence-corrected chi connectivity index (χ3v) is 4.19. The zero-order chi connectivity index (χ0) is 19.1. The fraction of sp³-hybridized carbons (Fsp3) is 0.263. The first kappa shape index (κ1) is 19.9. The van der Waals surface area contributed by atoms with E-state index in [1.165, 1.54) is 12.1 Å². The number of rotatable bonds is 7. The fourth-order valence-corrected chi connectivity index (χ4v) is 2.69. The van der Waals surface area contributed by atoms with Gasteiger partial charge in [0, 0.05) is 28.8 Å². The largest absolute Gasteiger partial charge is 0.481 e. The van der Waals surface area contributed by atoms with E-state index in [9.17, 15) is 14.0 Å². The number of halogens is 2. The van der Waals surface area contributed by atoms with Crippen molar-refractivity contribution in [3.8, 4) is 5.75 Å². The Balaban J connectivity index is 1.98. The molecule has 0 radical (unpaired) electrons. The average molecular weight is 423 g/mol. The molecule has 2 amide bonds. The third-order valence-electron chi connectivity index (χ3n) is 3.70. The molecule has 2 aromatic rings. The van der Waals surface area contributed by atoms with Gasteiger partial charge in [-0.3, -0.25) is 9.59 Å². The van der Waals surface area contributed by atoms with Crippen molar-refractivity contribution < 1.29 is 18.7 Å². The number of hydrogen-bond donors (Lipinski definition) is 1. The summed E-state index contributed by atoms with van der Waals surface area (Å²) in [5.41, 5.74) is 0.972. The highest BCUT2D eigenvalue weighted by Gasteiger charge is 2.13. The number of hydrogen-bond acceptors (Lipinski definition) is 3. The average Bonchev–Trinajstić information content (AvgIpc) is 2.62. The van der Waals surface area contributed by atoms with Gasteiger partial charge in [0.2, 0.25) is 0 Å². The zero-order valence-corrected chi connectivity index (χ0v) is 16.2. The lowest BCUT2D eigenvalue weighted by molar-refractivity contribution is -0.118. The number of ether oxygens (including phenoxy) is 1. The van der Waals surface area contributed by atoms with Crippen LogP contribution < -0.4 is 10.1 Å². The van der Waals surface area contributed by atoms with E-state index in [0.717, 1.165) is 0 Å². The number of benzene rings is 2. The van der Waals surface area contributed by atoms with Gasteiger partial charge in [-0.25, -0.2) is 4.39 Å². The van der Waals surface area contributed by atoms with Gasteiger partial charge in [0.1, 0.15) is 0 Å². The smallest absolute Gasteiger partial charge is 0.262 e. The van der Waals surface area contributed by atoms with Gasteiger partial charge >= 0.3 is 0 Å². The highest BCUT2D eigenvalue weighted by Crippen LogP contribution is 2.21. The molecule has 5 nitrogen and oxygen atoms in total. The molecule has 2 rings (SSSR count). The fourth-order valence-electron chi connectivity index (χ4n) is 2.36. The SMILES string of the molecule is CCN(CC)C(=O)c1cccc(NC(=O)COc2ccc(Br)cc2F)c1. The summed E-state index contributed by atoms with van der Waals surface area (Å²) in [4.78, 5) is 26.1. The number of nitrogens with one attached hydrogen (secondary N) is 1. The van der Waals surface area contributed by atoms with Crippen molar-refractivity contribution in [2.24, 2.45) is 0 Å². The Hall–Kier alpha value is -2.41. The zero-order valence-electron chi connectivity index (χ0n) is 14.6. The maximum absolute atomic E-state index is 13.7. The first-order valence-corrected chi connectivity index (χ1v) is 9.01. The van der Waals surface area contributed by atoms with E-state index in [1.54, 1.807) is 35.2 Å². The molecule has 0 saturated heterocycles. The molecule has 1 N–H and O–H groups in total. The molecule has 0 aliphatic carbocycles. The number of nitrogens with zero attached hydrogens (tertiary/aromatic N) is 1. The Bertz CT molecular complexity index is 794. The summed E-state index contributed by atoms with van der Waals surface area (Å²) in [7, 11) is 0. The minimum Gasteiger partial charge on any atom is -0.481 e. The quantitative estimate of drug-likeness (QED) is 0.730. The normalized spacial score (nSPS) is 10.3. The summed E-state index contributed by atoms with van der Waals surface area (Å²) < 4.78 is 19.5. The predicted octanol–water partition coefficient (Wildman–Crippen LogP) is 4.09. The molecule has 2 aromatic carbocycles. The van der Waals surface area contributed by atoms with Gasteiger partial charge in [0.15, 0.2) is 18.2 Å². The Kier molecular flexibility index (Phi) is 7.15. The molecule has 0 aromatic heterocycles. The van der Waals surface area contributed by atoms with Gasteiger partial charge in [-0.1, -0.05) is 22.0 Å². The minimum absolute atomic E-state index is 0.00573. The Morgan fingerprint density at radius 3 is 2.54 bits per heavy atom. The Morgan fingerprint density at radius 1 is 1.15 bits per heavy atom. The van der Waals surface area contributed by atoms with Crippen molar-refractivity contribution in [1.29, 1.82) is 0 Å². The first-order chi connectivity index (χ1) is 12.4. The van der Waals surface area contributed by atoms with Crippen LogP contribution in [-0.2, 0) is 4.79 Å². The standard InChI is InChI=1S/C19H20BrFN2O3/c1-3-23(4-2)19(25)13-6-5-7-15(10-13)22-18(24)12-26-17-9-8-14(20)11-16(17)21/h5-11H,3-4,12H2,1-2H3,(H,22,24). The lowest BCUT2D eigenvalue weighted by Crippen LogP contribution is -2.30. The summed E-state index contributed by atoms with van der Waals surface area (Å²) in [6.07, 6.45) is 0. The van der Waals surface area contributed by atoms with E-state index in [2.05, 4.69) is 21.2 Å². The van der Waals surface area contributed by atoms with Crippen LogP contribution in [0.3, 0.4) is 0 Å². The number of amides is 2. The van der Waals surface area contributed by atoms with Crippen LogP contribution in [0.1, 0.15) is 24.2 Å². The second kappa shape index (κ2) is 9.33. The van der Waals surface area contributed by atoms with Crippen molar-refractivity contribution in [3.63, 3.8) is 0 Å². The maximum Gasteiger partial charge on any atom is 0.262 e. The first-order valence-electron chi connectivity index (χ1n) is 8.21. The van der Waals surface area contributed by atoms with Crippen LogP contribution in [0.25, 0.3) is 0 Å². The molecule has 0 saturated carbocycles. The van der Waals surface area contributed by atoms with Crippen molar-refractivity contribution in [3.05, 3.63) is 58.3 Å². The lowest BCUT2D eigenvalue weighted by Gasteiger charge is -2.19. The molecule has 0 unspecified atom stereocenters. The summed E-state index contributed by atoms with van der Waals surface area (Å²) in [5, 5.41) is 2.65. The third kappa shape index (κ3) is 5.29. The van der Waals surface area contributed by atoms with Crippen LogP contribution in [0.15, 0.2) is 46.9 Å². The number of carbonyl (C=O) groups excluding carboxylic acids is 2. The van der Waals surface area contributed by atoms with Crippen LogP contribution in [0.4, 0.5) is 10.1 Å². The minimum atomic E-state index is -0.556. The maximum atomic E-state index is 13.7. The van der Waals surface area contributed by atoms with E-state index in [0.29, 0.717) is 28.8 Å². The van der Waals surface area contributed by atoms with Gasteiger partial charge < -0.3 is 15.0 Å². The van der Waals surface area contributed by atoms with Crippen molar-refractivity contribution >= 4 is 33.4 Å². The van der Waals surface area contributed by atoms with Crippen molar-refractivity contribution in [2.75, 3.05) is 25.0 Å². The van der Waals surface area contributed by atoms with Crippen molar-refractivity contribution in [2.45, 2.75) is 13.8 Å². The molecule has 0 bridgehead atoms. The molecule has 0 atom stereocenters. The van der Waals surface area contributed by atoms with Gasteiger partial charge in [0.05, 0.1) is 0 Å². The van der Waals surface area contributed by atoms with Gasteiger partial charge in [-0.15, -0.1) is 0 Å². The van der Waals surface area contributed by atoms with Crippen LogP contribution >= 0.6 is 15.9 Å². The highest BCUT2D eigenvalue weighted by atomic mass is 79.9. The topological polar surface area (TPSA) is 58.6 Å². The summed E-state index contributed by atoms with van der Waals surface area (Å²) in [6.45, 7) is 4.70. The van der Waals surface area contributed by atoms with E-state index < -0.39 is 11.7 Å². The van der Waals surface area contributed by atoms with E-state index >= 15 is 0 Å². The second-order valence-electron chi connectivity index (χ2n) is 5.47. The van der Waals surface area contributed by atoms with E-state index in [4.69, 9.17) is 4.74 Å². The molecular weight excluding hydrogens is 403 g/mol. The van der Waals surface area contributed by atoms with Gasteiger partial charge in [0.25, 0.3) is 11.8 Å². The molecule has 0 heterocycles. The molecule has 0 spiro atoms. The molecule has 138 valence electrons. The predicted molar refractivity (Wildman–Crippen MR) is 102 cm³/mol.